The first kappa shape index (κ1) is 18.1. The van der Waals surface area contributed by atoms with E-state index >= 15 is 0 Å². The van der Waals surface area contributed by atoms with Gasteiger partial charge in [-0.2, -0.15) is 5.10 Å². The van der Waals surface area contributed by atoms with Crippen LogP contribution in [0.1, 0.15) is 43.8 Å². The van der Waals surface area contributed by atoms with Crippen LogP contribution < -0.4 is 10.1 Å². The van der Waals surface area contributed by atoms with Crippen molar-refractivity contribution in [3.63, 3.8) is 0 Å². The van der Waals surface area contributed by atoms with Crippen molar-refractivity contribution in [2.75, 3.05) is 7.05 Å². The summed E-state index contributed by atoms with van der Waals surface area (Å²) in [6.45, 7) is 0.742. The summed E-state index contributed by atoms with van der Waals surface area (Å²) in [5.74, 6) is 1.56. The summed E-state index contributed by atoms with van der Waals surface area (Å²) in [5.41, 5.74) is 1.00. The topological polar surface area (TPSA) is 39.1 Å². The molecule has 1 fully saturated rings. The maximum atomic E-state index is 6.06. The summed E-state index contributed by atoms with van der Waals surface area (Å²) in [6.07, 6.45) is 6.20. The van der Waals surface area contributed by atoms with E-state index in [4.69, 9.17) is 21.4 Å². The van der Waals surface area contributed by atoms with Gasteiger partial charge >= 0.3 is 0 Å². The Hall–Kier alpha value is -1.23. The molecule has 0 saturated heterocycles. The lowest BCUT2D eigenvalue weighted by molar-refractivity contribution is 0.294. The monoisotopic (exact) mass is 355 g/mol. The highest BCUT2D eigenvalue weighted by Gasteiger charge is 2.21. The van der Waals surface area contributed by atoms with E-state index in [0.29, 0.717) is 11.1 Å². The molecule has 4 nitrogen and oxygen atoms in total. The molecule has 0 amide bonds. The number of rotatable bonds is 5. The third kappa shape index (κ3) is 4.63. The van der Waals surface area contributed by atoms with Crippen LogP contribution in [0, 0.1) is 0 Å². The molecule has 126 valence electrons. The Balaban J connectivity index is 0.00000192. The van der Waals surface area contributed by atoms with Crippen molar-refractivity contribution < 1.29 is 4.74 Å². The van der Waals surface area contributed by atoms with Crippen LogP contribution >= 0.6 is 24.0 Å². The summed E-state index contributed by atoms with van der Waals surface area (Å²) < 4.78 is 8.12. The zero-order valence-electron chi connectivity index (χ0n) is 13.3. The fraction of sp³-hybridized carbons (Fsp3) is 0.471. The van der Waals surface area contributed by atoms with Crippen molar-refractivity contribution in [2.24, 2.45) is 0 Å². The lowest BCUT2D eigenvalue weighted by atomic mass is 9.96. The van der Waals surface area contributed by atoms with Gasteiger partial charge in [-0.15, -0.1) is 12.4 Å². The summed E-state index contributed by atoms with van der Waals surface area (Å²) in [5, 5.41) is 8.56. The molecule has 1 aromatic heterocycles. The first-order chi connectivity index (χ1) is 10.8. The van der Waals surface area contributed by atoms with E-state index in [0.717, 1.165) is 23.9 Å². The Kier molecular flexibility index (Phi) is 6.75. The Bertz CT molecular complexity index is 624. The molecule has 1 N–H and O–H groups in total. The van der Waals surface area contributed by atoms with Gasteiger partial charge in [-0.25, -0.2) is 4.68 Å². The molecule has 6 heteroatoms. The van der Waals surface area contributed by atoms with Crippen LogP contribution in [-0.2, 0) is 6.54 Å². The lowest BCUT2D eigenvalue weighted by Crippen LogP contribution is -2.15. The summed E-state index contributed by atoms with van der Waals surface area (Å²) in [6, 6.07) is 9.95. The van der Waals surface area contributed by atoms with E-state index in [-0.39, 0.29) is 12.4 Å². The van der Waals surface area contributed by atoms with Crippen LogP contribution in [0.4, 0.5) is 0 Å². The van der Waals surface area contributed by atoms with Gasteiger partial charge in [-0.05, 0) is 38.1 Å². The molecule has 1 heterocycles. The summed E-state index contributed by atoms with van der Waals surface area (Å²) >= 11 is 6.04. The predicted octanol–water partition coefficient (Wildman–Crippen LogP) is 4.98. The van der Waals surface area contributed by atoms with Crippen molar-refractivity contribution >= 4 is 24.0 Å². The summed E-state index contributed by atoms with van der Waals surface area (Å²) in [7, 11) is 1.93. The first-order valence-electron chi connectivity index (χ1n) is 7.92. The minimum Gasteiger partial charge on any atom is -0.439 e. The third-order valence-electron chi connectivity index (χ3n) is 4.05. The maximum Gasteiger partial charge on any atom is 0.218 e. The van der Waals surface area contributed by atoms with Crippen molar-refractivity contribution in [3.8, 4) is 11.6 Å². The van der Waals surface area contributed by atoms with Crippen LogP contribution in [0.25, 0.3) is 0 Å². The normalized spacial score (nSPS) is 15.2. The average Bonchev–Trinajstić information content (AvgIpc) is 2.91. The van der Waals surface area contributed by atoms with E-state index in [1.807, 2.05) is 37.4 Å². The Morgan fingerprint density at radius 1 is 1.26 bits per heavy atom. The Morgan fingerprint density at radius 2 is 2.04 bits per heavy atom. The molecule has 0 aliphatic heterocycles. The van der Waals surface area contributed by atoms with Gasteiger partial charge in [0.25, 0.3) is 0 Å². The minimum absolute atomic E-state index is 0. The fourth-order valence-corrected chi connectivity index (χ4v) is 3.19. The van der Waals surface area contributed by atoms with Crippen molar-refractivity contribution in [1.29, 1.82) is 0 Å². The molecule has 1 saturated carbocycles. The number of benzene rings is 1. The average molecular weight is 356 g/mol. The molecular formula is C17H23Cl2N3O. The molecule has 0 bridgehead atoms. The molecule has 0 spiro atoms. The number of ether oxygens (including phenoxy) is 1. The minimum atomic E-state index is 0. The molecule has 3 rings (SSSR count). The van der Waals surface area contributed by atoms with Crippen molar-refractivity contribution in [3.05, 3.63) is 41.0 Å². The van der Waals surface area contributed by atoms with Crippen molar-refractivity contribution in [1.82, 2.24) is 15.1 Å². The van der Waals surface area contributed by atoms with Crippen molar-refractivity contribution in [2.45, 2.75) is 44.7 Å². The van der Waals surface area contributed by atoms with E-state index in [2.05, 4.69) is 10.00 Å². The molecule has 0 radical (unpaired) electrons. The van der Waals surface area contributed by atoms with Crippen LogP contribution in [0.15, 0.2) is 30.3 Å². The van der Waals surface area contributed by atoms with Gasteiger partial charge in [-0.3, -0.25) is 0 Å². The first-order valence-corrected chi connectivity index (χ1v) is 8.30. The molecule has 0 unspecified atom stereocenters. The van der Waals surface area contributed by atoms with Crippen LogP contribution in [0.2, 0.25) is 5.02 Å². The second-order valence-corrected chi connectivity index (χ2v) is 6.24. The second-order valence-electron chi connectivity index (χ2n) is 5.80. The van der Waals surface area contributed by atoms with Crippen LogP contribution in [-0.4, -0.2) is 16.8 Å². The Labute approximate surface area is 148 Å². The number of halogens is 2. The molecule has 1 aliphatic rings. The smallest absolute Gasteiger partial charge is 0.218 e. The van der Waals surface area contributed by atoms with Crippen LogP contribution in [0.3, 0.4) is 0 Å². The van der Waals surface area contributed by atoms with Gasteiger partial charge in [0.15, 0.2) is 0 Å². The number of hydrogen-bond acceptors (Lipinski definition) is 3. The highest BCUT2D eigenvalue weighted by Crippen LogP contribution is 2.33. The third-order valence-corrected chi connectivity index (χ3v) is 4.28. The standard InChI is InChI=1S/C17H22ClN3O.ClH/c1-19-12-14-11-17(22-16-9-5-6-13(18)10-16)21(20-14)15-7-3-2-4-8-15;/h5-6,9-11,15,19H,2-4,7-8,12H2,1H3;1H. The fourth-order valence-electron chi connectivity index (χ4n) is 3.01. The molecule has 1 aliphatic carbocycles. The zero-order valence-corrected chi connectivity index (χ0v) is 14.9. The molecule has 0 atom stereocenters. The van der Waals surface area contributed by atoms with Gasteiger partial charge in [0.2, 0.25) is 5.88 Å². The van der Waals surface area contributed by atoms with Gasteiger partial charge in [-0.1, -0.05) is 36.9 Å². The highest BCUT2D eigenvalue weighted by molar-refractivity contribution is 6.30. The number of nitrogens with one attached hydrogen (secondary N) is 1. The van der Waals surface area contributed by atoms with E-state index in [1.165, 1.54) is 32.1 Å². The maximum absolute atomic E-state index is 6.06. The van der Waals surface area contributed by atoms with Gasteiger partial charge < -0.3 is 10.1 Å². The molecule has 2 aromatic rings. The largest absolute Gasteiger partial charge is 0.439 e. The molecule has 23 heavy (non-hydrogen) atoms. The lowest BCUT2D eigenvalue weighted by Gasteiger charge is -2.23. The molecular weight excluding hydrogens is 333 g/mol. The molecule has 1 aromatic carbocycles. The second kappa shape index (κ2) is 8.57. The number of nitrogens with zero attached hydrogens (tertiary/aromatic N) is 2. The highest BCUT2D eigenvalue weighted by atomic mass is 35.5. The zero-order chi connectivity index (χ0) is 15.4. The van der Waals surface area contributed by atoms with E-state index in [1.54, 1.807) is 0 Å². The quantitative estimate of drug-likeness (QED) is 0.822. The van der Waals surface area contributed by atoms with Gasteiger partial charge in [0, 0.05) is 17.6 Å². The van der Waals surface area contributed by atoms with Gasteiger partial charge in [0.05, 0.1) is 11.7 Å². The number of hydrogen-bond donors (Lipinski definition) is 1. The predicted molar refractivity (Wildman–Crippen MR) is 95.9 cm³/mol. The van der Waals surface area contributed by atoms with E-state index < -0.39 is 0 Å². The number of aromatic nitrogens is 2. The summed E-state index contributed by atoms with van der Waals surface area (Å²) in [4.78, 5) is 0. The van der Waals surface area contributed by atoms with E-state index in [9.17, 15) is 0 Å². The van der Waals surface area contributed by atoms with Crippen LogP contribution in [0.5, 0.6) is 11.6 Å². The SMILES string of the molecule is CNCc1cc(Oc2cccc(Cl)c2)n(C2CCCCC2)n1.Cl. The van der Waals surface area contributed by atoms with Gasteiger partial charge in [0.1, 0.15) is 5.75 Å². The Morgan fingerprint density at radius 3 is 2.74 bits per heavy atom.